The van der Waals surface area contributed by atoms with Gasteiger partial charge in [0.25, 0.3) is 5.56 Å². The molecular formula is C22H14Cl2N4O3. The molecule has 0 spiro atoms. The highest BCUT2D eigenvalue weighted by Crippen LogP contribution is 2.25. The average Bonchev–Trinajstić information content (AvgIpc) is 3.16. The zero-order chi connectivity index (χ0) is 21.7. The summed E-state index contributed by atoms with van der Waals surface area (Å²) in [5.41, 5.74) is 2.16. The molecule has 0 amide bonds. The van der Waals surface area contributed by atoms with Crippen molar-refractivity contribution in [3.8, 4) is 5.69 Å². The quantitative estimate of drug-likeness (QED) is 0.380. The molecule has 3 heterocycles. The molecule has 2 aromatic carbocycles. The molecule has 154 valence electrons. The van der Waals surface area contributed by atoms with Gasteiger partial charge < -0.3 is 4.42 Å². The van der Waals surface area contributed by atoms with E-state index in [1.807, 2.05) is 13.0 Å². The zero-order valence-electron chi connectivity index (χ0n) is 16.2. The molecule has 9 heteroatoms. The molecule has 0 aliphatic heterocycles. The predicted octanol–water partition coefficient (Wildman–Crippen LogP) is 4.35. The Morgan fingerprint density at radius 2 is 1.90 bits per heavy atom. The van der Waals surface area contributed by atoms with Crippen LogP contribution in [-0.2, 0) is 6.54 Å². The Balaban J connectivity index is 1.63. The molecule has 0 fully saturated rings. The normalized spacial score (nSPS) is 11.5. The second kappa shape index (κ2) is 7.37. The van der Waals surface area contributed by atoms with Crippen LogP contribution in [0.4, 0.5) is 0 Å². The second-order valence-corrected chi connectivity index (χ2v) is 7.98. The Bertz CT molecular complexity index is 1600. The van der Waals surface area contributed by atoms with Crippen molar-refractivity contribution in [1.29, 1.82) is 0 Å². The summed E-state index contributed by atoms with van der Waals surface area (Å²) in [4.78, 5) is 29.6. The molecule has 5 aromatic rings. The third-order valence-corrected chi connectivity index (χ3v) is 5.70. The first-order valence-electron chi connectivity index (χ1n) is 9.33. The van der Waals surface area contributed by atoms with E-state index in [1.54, 1.807) is 35.0 Å². The predicted molar refractivity (Wildman–Crippen MR) is 119 cm³/mol. The Labute approximate surface area is 185 Å². The van der Waals surface area contributed by atoms with E-state index in [0.29, 0.717) is 43.3 Å². The van der Waals surface area contributed by atoms with Crippen LogP contribution in [0.3, 0.4) is 0 Å². The number of benzene rings is 2. The molecule has 0 aliphatic rings. The first kappa shape index (κ1) is 19.5. The van der Waals surface area contributed by atoms with Crippen molar-refractivity contribution in [2.45, 2.75) is 13.5 Å². The molecule has 5 rings (SSSR count). The smallest absolute Gasteiger partial charge is 0.336 e. The number of aromatic nitrogens is 4. The van der Waals surface area contributed by atoms with Crippen LogP contribution in [0.5, 0.6) is 0 Å². The molecule has 0 bridgehead atoms. The Hall–Kier alpha value is -3.42. The average molecular weight is 453 g/mol. The summed E-state index contributed by atoms with van der Waals surface area (Å²) < 4.78 is 8.28. The van der Waals surface area contributed by atoms with Gasteiger partial charge in [-0.05, 0) is 48.4 Å². The molecule has 0 N–H and O–H groups in total. The fourth-order valence-corrected chi connectivity index (χ4v) is 3.87. The molecule has 7 nitrogen and oxygen atoms in total. The lowest BCUT2D eigenvalue weighted by Gasteiger charge is -2.10. The summed E-state index contributed by atoms with van der Waals surface area (Å²) in [5, 5.41) is 6.42. The number of halogens is 2. The van der Waals surface area contributed by atoms with Gasteiger partial charge in [0, 0.05) is 21.5 Å². The van der Waals surface area contributed by atoms with Crippen LogP contribution in [0.25, 0.3) is 27.7 Å². The van der Waals surface area contributed by atoms with E-state index >= 15 is 0 Å². The van der Waals surface area contributed by atoms with Crippen LogP contribution in [0.2, 0.25) is 10.0 Å². The fraction of sp³-hybridized carbons (Fsp3) is 0.0909. The Kier molecular flexibility index (Phi) is 4.64. The number of hydrogen-bond donors (Lipinski definition) is 0. The zero-order valence-corrected chi connectivity index (χ0v) is 17.7. The van der Waals surface area contributed by atoms with Crippen LogP contribution in [-0.4, -0.2) is 19.3 Å². The molecule has 3 aromatic heterocycles. The van der Waals surface area contributed by atoms with E-state index in [1.165, 1.54) is 23.2 Å². The van der Waals surface area contributed by atoms with Gasteiger partial charge in [-0.25, -0.2) is 14.5 Å². The second-order valence-electron chi connectivity index (χ2n) is 7.14. The lowest BCUT2D eigenvalue weighted by atomic mass is 10.1. The van der Waals surface area contributed by atoms with Gasteiger partial charge in [0.1, 0.15) is 17.3 Å². The largest absolute Gasteiger partial charge is 0.423 e. The van der Waals surface area contributed by atoms with E-state index in [9.17, 15) is 9.59 Å². The summed E-state index contributed by atoms with van der Waals surface area (Å²) in [5.74, 6) is 0. The number of fused-ring (bicyclic) bond motifs is 2. The monoisotopic (exact) mass is 452 g/mol. The summed E-state index contributed by atoms with van der Waals surface area (Å²) in [6.45, 7) is 1.96. The lowest BCUT2D eigenvalue weighted by Crippen LogP contribution is -2.21. The third kappa shape index (κ3) is 3.41. The van der Waals surface area contributed by atoms with Gasteiger partial charge in [0.15, 0.2) is 5.65 Å². The number of nitrogens with zero attached hydrogens (tertiary/aromatic N) is 4. The van der Waals surface area contributed by atoms with Gasteiger partial charge >= 0.3 is 5.63 Å². The minimum atomic E-state index is -0.500. The van der Waals surface area contributed by atoms with Gasteiger partial charge in [-0.1, -0.05) is 29.3 Å². The van der Waals surface area contributed by atoms with Crippen molar-refractivity contribution in [2.24, 2.45) is 0 Å². The van der Waals surface area contributed by atoms with Gasteiger partial charge in [0.2, 0.25) is 0 Å². The summed E-state index contributed by atoms with van der Waals surface area (Å²) >= 11 is 12.3. The Morgan fingerprint density at radius 1 is 1.06 bits per heavy atom. The van der Waals surface area contributed by atoms with E-state index in [0.717, 1.165) is 5.56 Å². The minimum Gasteiger partial charge on any atom is -0.423 e. The first-order chi connectivity index (χ1) is 14.9. The van der Waals surface area contributed by atoms with Crippen LogP contribution in [0.1, 0.15) is 11.1 Å². The van der Waals surface area contributed by atoms with Crippen molar-refractivity contribution >= 4 is 45.2 Å². The van der Waals surface area contributed by atoms with Gasteiger partial charge in [0.05, 0.1) is 18.4 Å². The van der Waals surface area contributed by atoms with E-state index in [4.69, 9.17) is 27.6 Å². The van der Waals surface area contributed by atoms with Crippen molar-refractivity contribution in [3.63, 3.8) is 0 Å². The third-order valence-electron chi connectivity index (χ3n) is 5.06. The highest BCUT2D eigenvalue weighted by molar-refractivity contribution is 6.32. The molecule has 0 saturated carbocycles. The maximum atomic E-state index is 13.1. The highest BCUT2D eigenvalue weighted by atomic mass is 35.5. The maximum Gasteiger partial charge on any atom is 0.336 e. The SMILES string of the molecule is Cc1cc2oc(=O)cc(Cn3cnc4c(cnn4-c4cccc(Cl)c4)c3=O)c2cc1Cl. The molecule has 0 saturated heterocycles. The molecule has 0 atom stereocenters. The number of aryl methyl sites for hydroxylation is 1. The molecule has 0 aliphatic carbocycles. The van der Waals surface area contributed by atoms with E-state index < -0.39 is 5.63 Å². The van der Waals surface area contributed by atoms with Crippen LogP contribution >= 0.6 is 23.2 Å². The van der Waals surface area contributed by atoms with E-state index in [-0.39, 0.29) is 12.1 Å². The molecule has 0 radical (unpaired) electrons. The van der Waals surface area contributed by atoms with Crippen molar-refractivity contribution < 1.29 is 4.42 Å². The first-order valence-corrected chi connectivity index (χ1v) is 10.1. The Morgan fingerprint density at radius 3 is 2.71 bits per heavy atom. The standard InChI is InChI=1S/C22H14Cl2N4O3/c1-12-5-19-16(8-18(12)24)13(6-20(29)31-19)10-27-11-25-21-17(22(27)30)9-26-28(21)15-4-2-3-14(23)7-15/h2-9,11H,10H2,1H3. The minimum absolute atomic E-state index is 0.131. The molecular weight excluding hydrogens is 439 g/mol. The van der Waals surface area contributed by atoms with Gasteiger partial charge in [-0.2, -0.15) is 5.10 Å². The van der Waals surface area contributed by atoms with Crippen molar-refractivity contribution in [3.05, 3.63) is 96.9 Å². The van der Waals surface area contributed by atoms with Crippen LogP contribution in [0, 0.1) is 6.92 Å². The summed E-state index contributed by atoms with van der Waals surface area (Å²) in [6, 6.07) is 11.9. The lowest BCUT2D eigenvalue weighted by molar-refractivity contribution is 0.557. The molecule has 0 unspecified atom stereocenters. The highest BCUT2D eigenvalue weighted by Gasteiger charge is 2.14. The molecule has 31 heavy (non-hydrogen) atoms. The van der Waals surface area contributed by atoms with E-state index in [2.05, 4.69) is 10.1 Å². The van der Waals surface area contributed by atoms with Crippen molar-refractivity contribution in [1.82, 2.24) is 19.3 Å². The van der Waals surface area contributed by atoms with Gasteiger partial charge in [-0.3, -0.25) is 9.36 Å². The van der Waals surface area contributed by atoms with Crippen molar-refractivity contribution in [2.75, 3.05) is 0 Å². The maximum absolute atomic E-state index is 13.1. The summed E-state index contributed by atoms with van der Waals surface area (Å²) in [7, 11) is 0. The summed E-state index contributed by atoms with van der Waals surface area (Å²) in [6.07, 6.45) is 2.91. The van der Waals surface area contributed by atoms with Crippen LogP contribution in [0.15, 0.2) is 69.0 Å². The number of rotatable bonds is 3. The van der Waals surface area contributed by atoms with Crippen LogP contribution < -0.4 is 11.2 Å². The number of hydrogen-bond acceptors (Lipinski definition) is 5. The topological polar surface area (TPSA) is 82.9 Å². The fourth-order valence-electron chi connectivity index (χ4n) is 3.52. The van der Waals surface area contributed by atoms with Gasteiger partial charge in [-0.15, -0.1) is 0 Å².